The van der Waals surface area contributed by atoms with Crippen molar-refractivity contribution in [2.45, 2.75) is 39.2 Å². The molecule has 1 unspecified atom stereocenters. The quantitative estimate of drug-likeness (QED) is 0.446. The monoisotopic (exact) mass is 220 g/mol. The summed E-state index contributed by atoms with van der Waals surface area (Å²) in [5, 5.41) is 4.41. The maximum Gasteiger partial charge on any atom is 0.0638 e. The SMILES string of the molecule is CC#CCCC(NN)c1cc(CC)nn1C. The Hall–Kier alpha value is -1.31. The Balaban J connectivity index is 2.76. The van der Waals surface area contributed by atoms with Crippen LogP contribution in [0.3, 0.4) is 0 Å². The first kappa shape index (κ1) is 12.8. The van der Waals surface area contributed by atoms with E-state index >= 15 is 0 Å². The summed E-state index contributed by atoms with van der Waals surface area (Å²) in [4.78, 5) is 0. The zero-order chi connectivity index (χ0) is 12.0. The number of nitrogens with two attached hydrogens (primary N) is 1. The van der Waals surface area contributed by atoms with Crippen LogP contribution >= 0.6 is 0 Å². The molecule has 0 amide bonds. The van der Waals surface area contributed by atoms with Crippen LogP contribution in [0.25, 0.3) is 0 Å². The van der Waals surface area contributed by atoms with Gasteiger partial charge in [0.15, 0.2) is 0 Å². The summed E-state index contributed by atoms with van der Waals surface area (Å²) < 4.78 is 1.89. The number of nitrogens with one attached hydrogen (secondary N) is 1. The molecule has 1 heterocycles. The number of hydrazine groups is 1. The second kappa shape index (κ2) is 6.31. The molecule has 0 aliphatic rings. The minimum absolute atomic E-state index is 0.124. The average molecular weight is 220 g/mol. The van der Waals surface area contributed by atoms with E-state index in [1.807, 2.05) is 18.7 Å². The number of nitrogens with zero attached hydrogens (tertiary/aromatic N) is 2. The summed E-state index contributed by atoms with van der Waals surface area (Å²) >= 11 is 0. The molecule has 88 valence electrons. The Morgan fingerprint density at radius 2 is 2.38 bits per heavy atom. The van der Waals surface area contributed by atoms with Crippen molar-refractivity contribution in [3.63, 3.8) is 0 Å². The highest BCUT2D eigenvalue weighted by Gasteiger charge is 2.14. The predicted octanol–water partition coefficient (Wildman–Crippen LogP) is 1.29. The number of rotatable bonds is 5. The van der Waals surface area contributed by atoms with Gasteiger partial charge in [-0.2, -0.15) is 5.10 Å². The highest BCUT2D eigenvalue weighted by molar-refractivity contribution is 5.14. The van der Waals surface area contributed by atoms with Crippen LogP contribution < -0.4 is 11.3 Å². The van der Waals surface area contributed by atoms with Gasteiger partial charge in [0.2, 0.25) is 0 Å². The van der Waals surface area contributed by atoms with E-state index in [2.05, 4.69) is 35.4 Å². The zero-order valence-corrected chi connectivity index (χ0v) is 10.2. The van der Waals surface area contributed by atoms with E-state index in [0.29, 0.717) is 0 Å². The molecule has 4 heteroatoms. The number of aromatic nitrogens is 2. The van der Waals surface area contributed by atoms with Crippen molar-refractivity contribution >= 4 is 0 Å². The van der Waals surface area contributed by atoms with Gasteiger partial charge in [0, 0.05) is 13.5 Å². The lowest BCUT2D eigenvalue weighted by molar-refractivity contribution is 0.486. The van der Waals surface area contributed by atoms with Crippen LogP contribution in [-0.4, -0.2) is 9.78 Å². The van der Waals surface area contributed by atoms with Gasteiger partial charge in [0.1, 0.15) is 0 Å². The van der Waals surface area contributed by atoms with Gasteiger partial charge in [-0.05, 0) is 25.8 Å². The molecular formula is C12H20N4. The third kappa shape index (κ3) is 3.09. The van der Waals surface area contributed by atoms with Crippen molar-refractivity contribution in [3.05, 3.63) is 17.5 Å². The van der Waals surface area contributed by atoms with Crippen molar-refractivity contribution in [1.29, 1.82) is 0 Å². The summed E-state index contributed by atoms with van der Waals surface area (Å²) in [6, 6.07) is 2.22. The van der Waals surface area contributed by atoms with Crippen LogP contribution in [0, 0.1) is 11.8 Å². The third-order valence-corrected chi connectivity index (χ3v) is 2.62. The fourth-order valence-corrected chi connectivity index (χ4v) is 1.70. The Bertz CT molecular complexity index is 383. The molecule has 1 atom stereocenters. The van der Waals surface area contributed by atoms with Crippen molar-refractivity contribution in [2.75, 3.05) is 0 Å². The molecule has 0 fully saturated rings. The third-order valence-electron chi connectivity index (χ3n) is 2.62. The van der Waals surface area contributed by atoms with E-state index in [0.717, 1.165) is 30.7 Å². The number of hydrogen-bond donors (Lipinski definition) is 2. The van der Waals surface area contributed by atoms with Gasteiger partial charge >= 0.3 is 0 Å². The van der Waals surface area contributed by atoms with Gasteiger partial charge in [-0.1, -0.05) is 6.92 Å². The highest BCUT2D eigenvalue weighted by atomic mass is 15.3. The number of hydrogen-bond acceptors (Lipinski definition) is 3. The Kier molecular flexibility index (Phi) is 5.03. The predicted molar refractivity (Wildman–Crippen MR) is 65.3 cm³/mol. The molecule has 0 aliphatic heterocycles. The summed E-state index contributed by atoms with van der Waals surface area (Å²) in [7, 11) is 1.95. The largest absolute Gasteiger partial charge is 0.271 e. The summed E-state index contributed by atoms with van der Waals surface area (Å²) in [6.07, 6.45) is 2.69. The fourth-order valence-electron chi connectivity index (χ4n) is 1.70. The van der Waals surface area contributed by atoms with E-state index in [-0.39, 0.29) is 6.04 Å². The second-order valence-electron chi connectivity index (χ2n) is 3.72. The number of aryl methyl sites for hydroxylation is 2. The Morgan fingerprint density at radius 3 is 2.88 bits per heavy atom. The molecule has 1 rings (SSSR count). The molecular weight excluding hydrogens is 200 g/mol. The van der Waals surface area contributed by atoms with Gasteiger partial charge < -0.3 is 0 Å². The lowest BCUT2D eigenvalue weighted by Gasteiger charge is -2.14. The maximum atomic E-state index is 5.57. The molecule has 0 aliphatic carbocycles. The average Bonchev–Trinajstić information content (AvgIpc) is 2.66. The molecule has 16 heavy (non-hydrogen) atoms. The minimum atomic E-state index is 0.124. The van der Waals surface area contributed by atoms with Gasteiger partial charge in [-0.15, -0.1) is 11.8 Å². The van der Waals surface area contributed by atoms with E-state index in [9.17, 15) is 0 Å². The zero-order valence-electron chi connectivity index (χ0n) is 10.2. The smallest absolute Gasteiger partial charge is 0.0638 e. The fraction of sp³-hybridized carbons (Fsp3) is 0.583. The molecule has 0 saturated heterocycles. The lowest BCUT2D eigenvalue weighted by atomic mass is 10.1. The molecule has 1 aromatic heterocycles. The normalized spacial score (nSPS) is 12.0. The molecule has 0 radical (unpaired) electrons. The first-order valence-corrected chi connectivity index (χ1v) is 5.61. The van der Waals surface area contributed by atoms with Crippen LogP contribution in [0.15, 0.2) is 6.07 Å². The Morgan fingerprint density at radius 1 is 1.62 bits per heavy atom. The van der Waals surface area contributed by atoms with Crippen molar-refractivity contribution < 1.29 is 0 Å². The van der Waals surface area contributed by atoms with Crippen molar-refractivity contribution in [2.24, 2.45) is 12.9 Å². The van der Waals surface area contributed by atoms with Crippen molar-refractivity contribution in [3.8, 4) is 11.8 Å². The van der Waals surface area contributed by atoms with E-state index in [1.54, 1.807) is 0 Å². The summed E-state index contributed by atoms with van der Waals surface area (Å²) in [5.74, 6) is 11.5. The van der Waals surface area contributed by atoms with Crippen LogP contribution in [-0.2, 0) is 13.5 Å². The van der Waals surface area contributed by atoms with Crippen molar-refractivity contribution in [1.82, 2.24) is 15.2 Å². The van der Waals surface area contributed by atoms with Crippen LogP contribution in [0.5, 0.6) is 0 Å². The first-order chi connectivity index (χ1) is 7.72. The summed E-state index contributed by atoms with van der Waals surface area (Å²) in [6.45, 7) is 3.95. The van der Waals surface area contributed by atoms with Gasteiger partial charge in [-0.25, -0.2) is 0 Å². The molecule has 0 spiro atoms. The molecule has 0 aromatic carbocycles. The molecule has 4 nitrogen and oxygen atoms in total. The molecule has 0 bridgehead atoms. The highest BCUT2D eigenvalue weighted by Crippen LogP contribution is 2.18. The van der Waals surface area contributed by atoms with Crippen LogP contribution in [0.4, 0.5) is 0 Å². The van der Waals surface area contributed by atoms with Gasteiger partial charge in [0.05, 0.1) is 17.4 Å². The topological polar surface area (TPSA) is 55.9 Å². The second-order valence-corrected chi connectivity index (χ2v) is 3.72. The summed E-state index contributed by atoms with van der Waals surface area (Å²) in [5.41, 5.74) is 5.05. The first-order valence-electron chi connectivity index (χ1n) is 5.61. The van der Waals surface area contributed by atoms with Crippen LogP contribution in [0.1, 0.15) is 44.1 Å². The molecule has 1 aromatic rings. The van der Waals surface area contributed by atoms with E-state index in [4.69, 9.17) is 5.84 Å². The standard InChI is InChI=1S/C12H20N4/c1-4-6-7-8-11(14-13)12-9-10(5-2)15-16(12)3/h9,11,14H,5,7-8,13H2,1-3H3. The van der Waals surface area contributed by atoms with Crippen LogP contribution in [0.2, 0.25) is 0 Å². The van der Waals surface area contributed by atoms with E-state index in [1.165, 1.54) is 0 Å². The van der Waals surface area contributed by atoms with Gasteiger partial charge in [-0.3, -0.25) is 16.0 Å². The van der Waals surface area contributed by atoms with Gasteiger partial charge in [0.25, 0.3) is 0 Å². The molecule has 3 N–H and O–H groups in total. The lowest BCUT2D eigenvalue weighted by Crippen LogP contribution is -2.29. The Labute approximate surface area is 97.2 Å². The molecule has 0 saturated carbocycles. The minimum Gasteiger partial charge on any atom is -0.271 e. The van der Waals surface area contributed by atoms with E-state index < -0.39 is 0 Å². The maximum absolute atomic E-state index is 5.57.